The molecular formula is C14H30N2S. The molecule has 3 atom stereocenters. The monoisotopic (exact) mass is 258 g/mol. The molecular weight excluding hydrogens is 228 g/mol. The molecule has 1 rings (SSSR count). The molecule has 1 saturated heterocycles. The first-order valence-electron chi connectivity index (χ1n) is 7.15. The van der Waals surface area contributed by atoms with Gasteiger partial charge in [0.2, 0.25) is 0 Å². The minimum absolute atomic E-state index is 0.679. The van der Waals surface area contributed by atoms with Crippen molar-refractivity contribution in [3.8, 4) is 0 Å². The molecule has 3 heteroatoms. The number of rotatable bonds is 7. The van der Waals surface area contributed by atoms with Crippen LogP contribution >= 0.6 is 11.8 Å². The van der Waals surface area contributed by atoms with E-state index in [4.69, 9.17) is 0 Å². The van der Waals surface area contributed by atoms with Crippen molar-refractivity contribution in [3.05, 3.63) is 0 Å². The number of nitrogens with one attached hydrogen (secondary N) is 1. The molecule has 0 amide bonds. The van der Waals surface area contributed by atoms with Crippen molar-refractivity contribution in [2.24, 2.45) is 5.92 Å². The van der Waals surface area contributed by atoms with Gasteiger partial charge in [-0.25, -0.2) is 0 Å². The van der Waals surface area contributed by atoms with E-state index in [0.717, 1.165) is 11.2 Å². The lowest BCUT2D eigenvalue weighted by Gasteiger charge is -2.35. The molecule has 0 aliphatic carbocycles. The van der Waals surface area contributed by atoms with E-state index in [9.17, 15) is 0 Å². The summed E-state index contributed by atoms with van der Waals surface area (Å²) in [4.78, 5) is 2.59. The molecule has 102 valence electrons. The van der Waals surface area contributed by atoms with Gasteiger partial charge in [0.05, 0.1) is 0 Å². The summed E-state index contributed by atoms with van der Waals surface area (Å²) < 4.78 is 0. The van der Waals surface area contributed by atoms with Crippen molar-refractivity contribution in [1.82, 2.24) is 10.2 Å². The summed E-state index contributed by atoms with van der Waals surface area (Å²) in [5.41, 5.74) is 0. The largest absolute Gasteiger partial charge is 0.314 e. The Morgan fingerprint density at radius 2 is 2.18 bits per heavy atom. The fourth-order valence-electron chi connectivity index (χ4n) is 2.59. The van der Waals surface area contributed by atoms with Gasteiger partial charge in [0.15, 0.2) is 0 Å². The van der Waals surface area contributed by atoms with Crippen LogP contribution in [0.25, 0.3) is 0 Å². The van der Waals surface area contributed by atoms with E-state index in [1.54, 1.807) is 0 Å². The average molecular weight is 258 g/mol. The van der Waals surface area contributed by atoms with Crippen molar-refractivity contribution < 1.29 is 0 Å². The maximum Gasteiger partial charge on any atom is 0.00792 e. The van der Waals surface area contributed by atoms with E-state index in [1.807, 2.05) is 11.8 Å². The topological polar surface area (TPSA) is 15.3 Å². The highest BCUT2D eigenvalue weighted by atomic mass is 32.2. The summed E-state index contributed by atoms with van der Waals surface area (Å²) in [5, 5.41) is 4.51. The molecule has 0 aromatic carbocycles. The molecule has 0 spiro atoms. The quantitative estimate of drug-likeness (QED) is 0.756. The third kappa shape index (κ3) is 5.62. The lowest BCUT2D eigenvalue weighted by molar-refractivity contribution is 0.157. The Morgan fingerprint density at radius 3 is 2.82 bits per heavy atom. The summed E-state index contributed by atoms with van der Waals surface area (Å²) in [5.74, 6) is 0.855. The number of hydrogen-bond donors (Lipinski definition) is 1. The van der Waals surface area contributed by atoms with Crippen LogP contribution in [0.1, 0.15) is 40.0 Å². The van der Waals surface area contributed by atoms with Crippen LogP contribution in [0.4, 0.5) is 0 Å². The smallest absolute Gasteiger partial charge is 0.00792 e. The van der Waals surface area contributed by atoms with Gasteiger partial charge >= 0.3 is 0 Å². The third-order valence-electron chi connectivity index (χ3n) is 4.12. The van der Waals surface area contributed by atoms with Crippen molar-refractivity contribution in [3.63, 3.8) is 0 Å². The van der Waals surface area contributed by atoms with Gasteiger partial charge in [0.1, 0.15) is 0 Å². The fourth-order valence-corrected chi connectivity index (χ4v) is 2.94. The molecule has 1 N–H and O–H groups in total. The highest BCUT2D eigenvalue weighted by Crippen LogP contribution is 2.19. The van der Waals surface area contributed by atoms with E-state index in [0.29, 0.717) is 6.04 Å². The number of hydrogen-bond acceptors (Lipinski definition) is 3. The molecule has 0 aromatic rings. The summed E-state index contributed by atoms with van der Waals surface area (Å²) in [6.07, 6.45) is 6.28. The van der Waals surface area contributed by atoms with Gasteiger partial charge in [-0.05, 0) is 58.0 Å². The van der Waals surface area contributed by atoms with Gasteiger partial charge in [-0.1, -0.05) is 13.8 Å². The maximum absolute atomic E-state index is 3.72. The van der Waals surface area contributed by atoms with Gasteiger partial charge in [-0.3, -0.25) is 0 Å². The second kappa shape index (κ2) is 8.39. The van der Waals surface area contributed by atoms with Crippen LogP contribution in [-0.2, 0) is 0 Å². The van der Waals surface area contributed by atoms with Crippen LogP contribution in [0.3, 0.4) is 0 Å². The lowest BCUT2D eigenvalue weighted by atomic mass is 9.91. The first-order chi connectivity index (χ1) is 8.17. The lowest BCUT2D eigenvalue weighted by Crippen LogP contribution is -2.44. The summed E-state index contributed by atoms with van der Waals surface area (Å²) in [6.45, 7) is 12.0. The molecule has 17 heavy (non-hydrogen) atoms. The second-order valence-corrected chi connectivity index (χ2v) is 6.65. The third-order valence-corrected chi connectivity index (χ3v) is 5.16. The summed E-state index contributed by atoms with van der Waals surface area (Å²) in [6, 6.07) is 0.679. The normalized spacial score (nSPS) is 25.8. The van der Waals surface area contributed by atoms with Crippen LogP contribution in [0.15, 0.2) is 0 Å². The first kappa shape index (κ1) is 15.3. The Morgan fingerprint density at radius 1 is 1.41 bits per heavy atom. The summed E-state index contributed by atoms with van der Waals surface area (Å²) >= 11 is 1.97. The van der Waals surface area contributed by atoms with Gasteiger partial charge in [-0.2, -0.15) is 11.8 Å². The minimum Gasteiger partial charge on any atom is -0.314 e. The molecule has 0 aromatic heterocycles. The molecule has 3 unspecified atom stereocenters. The number of piperidine rings is 1. The molecule has 1 heterocycles. The van der Waals surface area contributed by atoms with Crippen LogP contribution in [0.5, 0.6) is 0 Å². The zero-order valence-electron chi connectivity index (χ0n) is 12.0. The van der Waals surface area contributed by atoms with Gasteiger partial charge in [0, 0.05) is 17.8 Å². The van der Waals surface area contributed by atoms with E-state index < -0.39 is 0 Å². The highest BCUT2D eigenvalue weighted by Gasteiger charge is 2.23. The van der Waals surface area contributed by atoms with Crippen molar-refractivity contribution in [2.75, 3.05) is 32.4 Å². The number of thioether (sulfide) groups is 1. The van der Waals surface area contributed by atoms with E-state index in [2.05, 4.69) is 37.2 Å². The molecule has 1 fully saturated rings. The van der Waals surface area contributed by atoms with Crippen LogP contribution in [0.2, 0.25) is 0 Å². The maximum atomic E-state index is 3.72. The number of likely N-dealkylation sites (tertiary alicyclic amines) is 1. The van der Waals surface area contributed by atoms with Gasteiger partial charge in [0.25, 0.3) is 0 Å². The molecule has 0 radical (unpaired) electrons. The molecule has 0 saturated carbocycles. The average Bonchev–Trinajstić information content (AvgIpc) is 2.38. The summed E-state index contributed by atoms with van der Waals surface area (Å²) in [7, 11) is 0. The molecule has 1 aliphatic heterocycles. The van der Waals surface area contributed by atoms with Crippen molar-refractivity contribution >= 4 is 11.8 Å². The van der Waals surface area contributed by atoms with Crippen LogP contribution in [0, 0.1) is 5.92 Å². The van der Waals surface area contributed by atoms with Gasteiger partial charge in [-0.15, -0.1) is 0 Å². The predicted octanol–water partition coefficient (Wildman–Crippen LogP) is 2.84. The molecule has 0 bridgehead atoms. The van der Waals surface area contributed by atoms with Crippen LogP contribution < -0.4 is 5.32 Å². The highest BCUT2D eigenvalue weighted by molar-refractivity contribution is 7.99. The van der Waals surface area contributed by atoms with E-state index in [-0.39, 0.29) is 0 Å². The Bertz CT molecular complexity index is 199. The Labute approximate surface area is 112 Å². The molecule has 2 nitrogen and oxygen atoms in total. The van der Waals surface area contributed by atoms with E-state index >= 15 is 0 Å². The SMILES string of the molecule is CCN1CCCC(C(C)NCCC(C)SC)C1. The van der Waals surface area contributed by atoms with Gasteiger partial charge < -0.3 is 10.2 Å². The molecule has 1 aliphatic rings. The zero-order valence-corrected chi connectivity index (χ0v) is 12.9. The predicted molar refractivity (Wildman–Crippen MR) is 79.9 cm³/mol. The van der Waals surface area contributed by atoms with E-state index in [1.165, 1.54) is 45.4 Å². The van der Waals surface area contributed by atoms with Crippen molar-refractivity contribution in [1.29, 1.82) is 0 Å². The first-order valence-corrected chi connectivity index (χ1v) is 8.44. The standard InChI is InChI=1S/C14H30N2S/c1-5-16-10-6-7-14(11-16)13(3)15-9-8-12(2)17-4/h12-15H,5-11H2,1-4H3. The Balaban J connectivity index is 2.20. The van der Waals surface area contributed by atoms with Crippen LogP contribution in [-0.4, -0.2) is 48.6 Å². The zero-order chi connectivity index (χ0) is 12.7. The van der Waals surface area contributed by atoms with Crippen molar-refractivity contribution in [2.45, 2.75) is 51.3 Å². The number of nitrogens with zero attached hydrogens (tertiary/aromatic N) is 1. The Kier molecular flexibility index (Phi) is 7.56. The fraction of sp³-hybridized carbons (Fsp3) is 1.00. The Hall–Kier alpha value is 0.270. The second-order valence-electron chi connectivity index (χ2n) is 5.37. The minimum atomic E-state index is 0.679.